The number of nitrogens with one attached hydrogen (secondary N) is 1. The number of anilines is 1. The largest absolute Gasteiger partial charge is 0.462 e. The molecule has 1 aromatic carbocycles. The molecule has 3 aromatic heterocycles. The van der Waals surface area contributed by atoms with Crippen molar-refractivity contribution in [3.63, 3.8) is 0 Å². The number of halogens is 1. The average molecular weight is 460 g/mol. The third-order valence-electron chi connectivity index (χ3n) is 3.79. The van der Waals surface area contributed by atoms with E-state index in [1.807, 2.05) is 48.7 Å². The van der Waals surface area contributed by atoms with E-state index in [9.17, 15) is 4.79 Å². The van der Waals surface area contributed by atoms with Crippen molar-refractivity contribution in [3.05, 3.63) is 63.1 Å². The molecule has 1 N–H and O–H groups in total. The highest BCUT2D eigenvalue weighted by atomic mass is 79.9. The first-order valence-electron chi connectivity index (χ1n) is 8.10. The van der Waals surface area contributed by atoms with E-state index in [1.165, 1.54) is 22.7 Å². The molecule has 1 amide bonds. The molecule has 0 spiro atoms. The number of benzene rings is 1. The summed E-state index contributed by atoms with van der Waals surface area (Å²) in [5, 5.41) is 6.11. The number of aryl methyl sites for hydroxylation is 1. The highest BCUT2D eigenvalue weighted by Gasteiger charge is 2.14. The fraction of sp³-hybridized carbons (Fsp3) is 0.105. The molecule has 4 aromatic rings. The lowest BCUT2D eigenvalue weighted by molar-refractivity contribution is -0.115. The van der Waals surface area contributed by atoms with Crippen molar-refractivity contribution >= 4 is 49.6 Å². The molecule has 27 heavy (non-hydrogen) atoms. The van der Waals surface area contributed by atoms with Crippen LogP contribution in [0.2, 0.25) is 0 Å². The van der Waals surface area contributed by atoms with E-state index < -0.39 is 0 Å². The quantitative estimate of drug-likeness (QED) is 0.410. The number of aromatic nitrogens is 2. The number of carbonyl (C=O) groups is 1. The molecule has 5 nitrogen and oxygen atoms in total. The van der Waals surface area contributed by atoms with Crippen LogP contribution in [0.1, 0.15) is 10.6 Å². The molecular formula is C19H14BrN3O2S2. The summed E-state index contributed by atoms with van der Waals surface area (Å²) >= 11 is 6.36. The summed E-state index contributed by atoms with van der Waals surface area (Å²) < 4.78 is 6.35. The SMILES string of the molecule is Cc1sc(NC(=O)Cc2csc(-c3ccco3)n2)nc1-c1ccc(Br)cc1. The lowest BCUT2D eigenvalue weighted by Crippen LogP contribution is -2.14. The molecule has 0 aliphatic carbocycles. The molecular weight excluding hydrogens is 446 g/mol. The van der Waals surface area contributed by atoms with Gasteiger partial charge in [0.15, 0.2) is 15.9 Å². The van der Waals surface area contributed by atoms with Gasteiger partial charge in [-0.2, -0.15) is 0 Å². The Kier molecular flexibility index (Phi) is 5.20. The van der Waals surface area contributed by atoms with Gasteiger partial charge in [-0.1, -0.05) is 28.1 Å². The average Bonchev–Trinajstić information content (AvgIpc) is 3.37. The van der Waals surface area contributed by atoms with Gasteiger partial charge in [-0.3, -0.25) is 4.79 Å². The number of hydrogen-bond acceptors (Lipinski definition) is 6. The predicted molar refractivity (Wildman–Crippen MR) is 112 cm³/mol. The Bertz CT molecular complexity index is 1070. The molecule has 0 aliphatic heterocycles. The van der Waals surface area contributed by atoms with Crippen molar-refractivity contribution in [2.75, 3.05) is 5.32 Å². The molecule has 0 radical (unpaired) electrons. The molecule has 0 atom stereocenters. The van der Waals surface area contributed by atoms with Crippen molar-refractivity contribution in [1.29, 1.82) is 0 Å². The Hall–Kier alpha value is -2.29. The summed E-state index contributed by atoms with van der Waals surface area (Å²) in [7, 11) is 0. The summed E-state index contributed by atoms with van der Waals surface area (Å²) in [5.74, 6) is 0.573. The van der Waals surface area contributed by atoms with Gasteiger partial charge in [0.25, 0.3) is 0 Å². The molecule has 136 valence electrons. The maximum Gasteiger partial charge on any atom is 0.232 e. The zero-order valence-electron chi connectivity index (χ0n) is 14.2. The van der Waals surface area contributed by atoms with Gasteiger partial charge in [0, 0.05) is 20.3 Å². The van der Waals surface area contributed by atoms with Gasteiger partial charge in [-0.15, -0.1) is 22.7 Å². The lowest BCUT2D eigenvalue weighted by atomic mass is 10.1. The number of carbonyl (C=O) groups excluding carboxylic acids is 1. The molecule has 3 heterocycles. The Morgan fingerprint density at radius 2 is 2.04 bits per heavy atom. The van der Waals surface area contributed by atoms with E-state index >= 15 is 0 Å². The fourth-order valence-electron chi connectivity index (χ4n) is 2.56. The van der Waals surface area contributed by atoms with Crippen molar-refractivity contribution in [3.8, 4) is 22.0 Å². The first-order valence-corrected chi connectivity index (χ1v) is 10.6. The number of rotatable bonds is 5. The second kappa shape index (κ2) is 7.75. The molecule has 8 heteroatoms. The standard InChI is InChI=1S/C19H14BrN3O2S2/c1-11-17(12-4-6-13(20)7-5-12)23-19(27-11)22-16(24)9-14-10-26-18(21-14)15-3-2-8-25-15/h2-8,10H,9H2,1H3,(H,22,23,24). The smallest absolute Gasteiger partial charge is 0.232 e. The van der Waals surface area contributed by atoms with E-state index in [0.29, 0.717) is 16.6 Å². The van der Waals surface area contributed by atoms with Crippen LogP contribution < -0.4 is 5.32 Å². The topological polar surface area (TPSA) is 68.0 Å². The number of thiazole rings is 2. The van der Waals surface area contributed by atoms with Crippen LogP contribution in [-0.4, -0.2) is 15.9 Å². The Morgan fingerprint density at radius 1 is 1.22 bits per heavy atom. The van der Waals surface area contributed by atoms with E-state index in [4.69, 9.17) is 4.42 Å². The van der Waals surface area contributed by atoms with Gasteiger partial charge >= 0.3 is 0 Å². The van der Waals surface area contributed by atoms with Crippen LogP contribution in [0, 0.1) is 6.92 Å². The van der Waals surface area contributed by atoms with Crippen molar-refractivity contribution in [2.45, 2.75) is 13.3 Å². The van der Waals surface area contributed by atoms with Crippen molar-refractivity contribution in [2.24, 2.45) is 0 Å². The first kappa shape index (κ1) is 18.1. The minimum absolute atomic E-state index is 0.137. The first-order chi connectivity index (χ1) is 13.1. The number of amides is 1. The van der Waals surface area contributed by atoms with Crippen molar-refractivity contribution in [1.82, 2.24) is 9.97 Å². The number of nitrogens with zero attached hydrogens (tertiary/aromatic N) is 2. The predicted octanol–water partition coefficient (Wildman–Crippen LogP) is 5.78. The van der Waals surface area contributed by atoms with E-state index in [2.05, 4.69) is 31.2 Å². The Labute approximate surface area is 172 Å². The van der Waals surface area contributed by atoms with E-state index in [0.717, 1.165) is 25.6 Å². The summed E-state index contributed by atoms with van der Waals surface area (Å²) in [6, 6.07) is 11.6. The normalized spacial score (nSPS) is 10.9. The van der Waals surface area contributed by atoms with Gasteiger partial charge in [0.1, 0.15) is 0 Å². The van der Waals surface area contributed by atoms with Crippen LogP contribution in [0.3, 0.4) is 0 Å². The Morgan fingerprint density at radius 3 is 2.78 bits per heavy atom. The third kappa shape index (κ3) is 4.18. The van der Waals surface area contributed by atoms with Crippen LogP contribution in [0.5, 0.6) is 0 Å². The summed E-state index contributed by atoms with van der Waals surface area (Å²) in [6.07, 6.45) is 1.81. The van der Waals surface area contributed by atoms with E-state index in [-0.39, 0.29) is 12.3 Å². The van der Waals surface area contributed by atoms with Crippen LogP contribution >= 0.6 is 38.6 Å². The summed E-state index contributed by atoms with van der Waals surface area (Å²) in [5.41, 5.74) is 2.62. The zero-order valence-corrected chi connectivity index (χ0v) is 17.5. The molecule has 4 rings (SSSR count). The van der Waals surface area contributed by atoms with E-state index in [1.54, 1.807) is 6.26 Å². The van der Waals surface area contributed by atoms with Crippen LogP contribution in [-0.2, 0) is 11.2 Å². The molecule has 0 aliphatic rings. The lowest BCUT2D eigenvalue weighted by Gasteiger charge is -2.00. The molecule has 0 saturated heterocycles. The minimum Gasteiger partial charge on any atom is -0.462 e. The second-order valence-corrected chi connectivity index (χ2v) is 8.75. The third-order valence-corrected chi connectivity index (χ3v) is 6.11. The van der Waals surface area contributed by atoms with Crippen molar-refractivity contribution < 1.29 is 9.21 Å². The maximum absolute atomic E-state index is 12.4. The highest BCUT2D eigenvalue weighted by molar-refractivity contribution is 9.10. The van der Waals surface area contributed by atoms with Crippen LogP contribution in [0.4, 0.5) is 5.13 Å². The van der Waals surface area contributed by atoms with Gasteiger partial charge in [0.05, 0.1) is 24.1 Å². The number of furan rings is 1. The summed E-state index contributed by atoms with van der Waals surface area (Å²) in [4.78, 5) is 22.5. The molecule has 0 saturated carbocycles. The summed E-state index contributed by atoms with van der Waals surface area (Å²) in [6.45, 7) is 2.00. The van der Waals surface area contributed by atoms with Crippen LogP contribution in [0.15, 0.2) is 56.9 Å². The number of hydrogen-bond donors (Lipinski definition) is 1. The highest BCUT2D eigenvalue weighted by Crippen LogP contribution is 2.31. The monoisotopic (exact) mass is 459 g/mol. The van der Waals surface area contributed by atoms with Crippen LogP contribution in [0.25, 0.3) is 22.0 Å². The second-order valence-electron chi connectivity index (χ2n) is 5.78. The van der Waals surface area contributed by atoms with Gasteiger partial charge in [-0.25, -0.2) is 9.97 Å². The zero-order chi connectivity index (χ0) is 18.8. The van der Waals surface area contributed by atoms with Gasteiger partial charge in [0.2, 0.25) is 5.91 Å². The molecule has 0 bridgehead atoms. The minimum atomic E-state index is -0.137. The molecule has 0 fully saturated rings. The van der Waals surface area contributed by atoms with Gasteiger partial charge < -0.3 is 9.73 Å². The molecule has 0 unspecified atom stereocenters. The van der Waals surface area contributed by atoms with Gasteiger partial charge in [-0.05, 0) is 31.2 Å². The fourth-order valence-corrected chi connectivity index (χ4v) is 4.46. The maximum atomic E-state index is 12.4. The Balaban J connectivity index is 1.44.